The summed E-state index contributed by atoms with van der Waals surface area (Å²) in [6.45, 7) is 12.4. The van der Waals surface area contributed by atoms with Crippen LogP contribution in [-0.2, 0) is 0 Å². The van der Waals surface area contributed by atoms with Gasteiger partial charge in [0.15, 0.2) is 0 Å². The highest BCUT2D eigenvalue weighted by molar-refractivity contribution is 5.31. The van der Waals surface area contributed by atoms with E-state index in [2.05, 4.69) is 52.1 Å². The summed E-state index contributed by atoms with van der Waals surface area (Å²) in [4.78, 5) is 0. The highest BCUT2D eigenvalue weighted by Gasteiger charge is 1.91. The van der Waals surface area contributed by atoms with Crippen molar-refractivity contribution in [3.63, 3.8) is 0 Å². The maximum atomic E-state index is 3.00. The third kappa shape index (κ3) is 2.58. The molecule has 0 aliphatic heterocycles. The molecule has 0 N–H and O–H groups in total. The molecule has 1 aromatic rings. The molecule has 1 rings (SSSR count). The SMILES string of the molecule is C=C.Cc1cccc(C)c1C. The predicted octanol–water partition coefficient (Wildman–Crippen LogP) is 3.41. The Balaban J connectivity index is 0.000000461. The van der Waals surface area contributed by atoms with Gasteiger partial charge in [-0.05, 0) is 37.5 Å². The lowest BCUT2D eigenvalue weighted by atomic mass is 10.1. The van der Waals surface area contributed by atoms with Crippen LogP contribution in [0.1, 0.15) is 16.7 Å². The van der Waals surface area contributed by atoms with Gasteiger partial charge in [-0.25, -0.2) is 0 Å². The molecule has 0 nitrogen and oxygen atoms in total. The quantitative estimate of drug-likeness (QED) is 0.494. The summed E-state index contributed by atoms with van der Waals surface area (Å²) in [7, 11) is 0. The maximum absolute atomic E-state index is 3.00. The monoisotopic (exact) mass is 148 g/mol. The van der Waals surface area contributed by atoms with Crippen LogP contribution in [0.4, 0.5) is 0 Å². The maximum Gasteiger partial charge on any atom is -0.0392 e. The van der Waals surface area contributed by atoms with Crippen LogP contribution in [0.3, 0.4) is 0 Å². The van der Waals surface area contributed by atoms with E-state index in [1.807, 2.05) is 0 Å². The molecule has 0 amide bonds. The molecule has 0 bridgehead atoms. The van der Waals surface area contributed by atoms with Gasteiger partial charge in [-0.15, -0.1) is 13.2 Å². The average Bonchev–Trinajstić information content (AvgIpc) is 2.04. The Hall–Kier alpha value is -1.04. The Morgan fingerprint density at radius 1 is 0.909 bits per heavy atom. The van der Waals surface area contributed by atoms with Crippen molar-refractivity contribution in [2.45, 2.75) is 20.8 Å². The van der Waals surface area contributed by atoms with Crippen molar-refractivity contribution in [2.24, 2.45) is 0 Å². The second kappa shape index (κ2) is 4.73. The third-order valence-electron chi connectivity index (χ3n) is 1.88. The van der Waals surface area contributed by atoms with E-state index in [1.165, 1.54) is 16.7 Å². The molecule has 1 aromatic carbocycles. The van der Waals surface area contributed by atoms with E-state index in [9.17, 15) is 0 Å². The first-order valence-corrected chi connectivity index (χ1v) is 3.74. The molecule has 0 spiro atoms. The minimum atomic E-state index is 1.38. The topological polar surface area (TPSA) is 0 Å². The summed E-state index contributed by atoms with van der Waals surface area (Å²) >= 11 is 0. The second-order valence-electron chi connectivity index (χ2n) is 2.52. The van der Waals surface area contributed by atoms with E-state index in [-0.39, 0.29) is 0 Å². The van der Waals surface area contributed by atoms with Crippen LogP contribution >= 0.6 is 0 Å². The van der Waals surface area contributed by atoms with E-state index in [0.717, 1.165) is 0 Å². The summed E-state index contributed by atoms with van der Waals surface area (Å²) in [5, 5.41) is 0. The van der Waals surface area contributed by atoms with Crippen molar-refractivity contribution < 1.29 is 0 Å². The highest BCUT2D eigenvalue weighted by Crippen LogP contribution is 2.09. The van der Waals surface area contributed by atoms with Crippen LogP contribution < -0.4 is 0 Å². The van der Waals surface area contributed by atoms with E-state index in [4.69, 9.17) is 0 Å². The molecule has 0 heterocycles. The van der Waals surface area contributed by atoms with Gasteiger partial charge in [0.25, 0.3) is 0 Å². The lowest BCUT2D eigenvalue weighted by Crippen LogP contribution is -1.82. The molecule has 0 unspecified atom stereocenters. The first-order chi connectivity index (χ1) is 5.22. The number of rotatable bonds is 0. The standard InChI is InChI=1S/C9H12.C2H4/c1-7-5-4-6-8(2)9(7)3;1-2/h4-6H,1-3H3;1-2H2. The normalized spacial score (nSPS) is 8.27. The first-order valence-electron chi connectivity index (χ1n) is 3.74. The molecule has 0 aliphatic carbocycles. The molecule has 11 heavy (non-hydrogen) atoms. The molecule has 60 valence electrons. The van der Waals surface area contributed by atoms with Gasteiger partial charge in [0.05, 0.1) is 0 Å². The minimum absolute atomic E-state index is 1.38. The van der Waals surface area contributed by atoms with Gasteiger partial charge in [-0.2, -0.15) is 0 Å². The second-order valence-corrected chi connectivity index (χ2v) is 2.52. The van der Waals surface area contributed by atoms with E-state index < -0.39 is 0 Å². The fourth-order valence-corrected chi connectivity index (χ4v) is 0.898. The van der Waals surface area contributed by atoms with Crippen LogP contribution in [0.25, 0.3) is 0 Å². The van der Waals surface area contributed by atoms with Crippen molar-refractivity contribution >= 4 is 0 Å². The molecule has 0 atom stereocenters. The van der Waals surface area contributed by atoms with Crippen LogP contribution in [0.5, 0.6) is 0 Å². The zero-order chi connectivity index (χ0) is 8.85. The smallest absolute Gasteiger partial charge is 0.0392 e. The van der Waals surface area contributed by atoms with Crippen molar-refractivity contribution in [3.8, 4) is 0 Å². The average molecular weight is 148 g/mol. The third-order valence-corrected chi connectivity index (χ3v) is 1.88. The zero-order valence-corrected chi connectivity index (χ0v) is 7.65. The molecular formula is C11H16. The molecule has 0 aromatic heterocycles. The van der Waals surface area contributed by atoms with Gasteiger partial charge in [0, 0.05) is 0 Å². The van der Waals surface area contributed by atoms with E-state index in [0.29, 0.717) is 0 Å². The summed E-state index contributed by atoms with van der Waals surface area (Å²) in [5.74, 6) is 0. The Kier molecular flexibility index (Phi) is 4.28. The van der Waals surface area contributed by atoms with E-state index in [1.54, 1.807) is 0 Å². The van der Waals surface area contributed by atoms with Crippen molar-refractivity contribution in [1.82, 2.24) is 0 Å². The lowest BCUT2D eigenvalue weighted by Gasteiger charge is -2.00. The summed E-state index contributed by atoms with van der Waals surface area (Å²) in [5.41, 5.74) is 4.18. The minimum Gasteiger partial charge on any atom is -0.106 e. The fraction of sp³-hybridized carbons (Fsp3) is 0.273. The molecule has 0 saturated carbocycles. The number of aryl methyl sites for hydroxylation is 2. The molecule has 0 fully saturated rings. The van der Waals surface area contributed by atoms with Crippen molar-refractivity contribution in [3.05, 3.63) is 48.0 Å². The first kappa shape index (κ1) is 9.96. The van der Waals surface area contributed by atoms with Gasteiger partial charge in [0.1, 0.15) is 0 Å². The number of hydrogen-bond acceptors (Lipinski definition) is 0. The van der Waals surface area contributed by atoms with Gasteiger partial charge in [0.2, 0.25) is 0 Å². The van der Waals surface area contributed by atoms with Gasteiger partial charge >= 0.3 is 0 Å². The van der Waals surface area contributed by atoms with Crippen molar-refractivity contribution in [2.75, 3.05) is 0 Å². The van der Waals surface area contributed by atoms with Gasteiger partial charge in [-0.1, -0.05) is 18.2 Å². The van der Waals surface area contributed by atoms with Crippen LogP contribution in [0.15, 0.2) is 31.4 Å². The molecular weight excluding hydrogens is 132 g/mol. The van der Waals surface area contributed by atoms with E-state index >= 15 is 0 Å². The summed E-state index contributed by atoms with van der Waals surface area (Å²) in [6.07, 6.45) is 0. The Morgan fingerprint density at radius 2 is 1.27 bits per heavy atom. The Labute approximate surface area is 69.6 Å². The Bertz CT molecular complexity index is 203. The lowest BCUT2D eigenvalue weighted by molar-refractivity contribution is 1.27. The molecule has 0 radical (unpaired) electrons. The van der Waals surface area contributed by atoms with Crippen molar-refractivity contribution in [1.29, 1.82) is 0 Å². The van der Waals surface area contributed by atoms with Crippen LogP contribution in [0, 0.1) is 20.8 Å². The number of hydrogen-bond donors (Lipinski definition) is 0. The molecule has 0 saturated heterocycles. The fourth-order valence-electron chi connectivity index (χ4n) is 0.898. The summed E-state index contributed by atoms with van der Waals surface area (Å²) in [6, 6.07) is 6.38. The Morgan fingerprint density at radius 3 is 1.55 bits per heavy atom. The molecule has 0 aliphatic rings. The van der Waals surface area contributed by atoms with Crippen LogP contribution in [0.2, 0.25) is 0 Å². The predicted molar refractivity (Wildman–Crippen MR) is 51.9 cm³/mol. The van der Waals surface area contributed by atoms with Gasteiger partial charge in [-0.3, -0.25) is 0 Å². The highest BCUT2D eigenvalue weighted by atomic mass is 14.0. The zero-order valence-electron chi connectivity index (χ0n) is 7.65. The molecule has 0 heteroatoms. The largest absolute Gasteiger partial charge is 0.106 e. The van der Waals surface area contributed by atoms with Crippen LogP contribution in [-0.4, -0.2) is 0 Å². The number of benzene rings is 1. The van der Waals surface area contributed by atoms with Gasteiger partial charge < -0.3 is 0 Å². The summed E-state index contributed by atoms with van der Waals surface area (Å²) < 4.78 is 0.